The molecule has 21 heavy (non-hydrogen) atoms. The number of likely N-dealkylation sites (N-methyl/N-ethyl adjacent to an activating group) is 1. The van der Waals surface area contributed by atoms with Gasteiger partial charge in [-0.2, -0.15) is 4.98 Å². The van der Waals surface area contributed by atoms with Crippen LogP contribution in [0.5, 0.6) is 0 Å². The van der Waals surface area contributed by atoms with Crippen molar-refractivity contribution in [2.75, 3.05) is 37.0 Å². The predicted molar refractivity (Wildman–Crippen MR) is 88.9 cm³/mol. The zero-order valence-electron chi connectivity index (χ0n) is 12.8. The Labute approximate surface area is 128 Å². The van der Waals surface area contributed by atoms with Crippen molar-refractivity contribution in [1.82, 2.24) is 14.9 Å². The molecule has 2 aromatic rings. The van der Waals surface area contributed by atoms with Crippen LogP contribution in [0.4, 0.5) is 11.8 Å². The number of anilines is 2. The van der Waals surface area contributed by atoms with Gasteiger partial charge in [0, 0.05) is 24.0 Å². The molecule has 1 saturated heterocycles. The summed E-state index contributed by atoms with van der Waals surface area (Å²) in [5, 5.41) is 1.13. The van der Waals surface area contributed by atoms with Gasteiger partial charge in [0.2, 0.25) is 5.95 Å². The number of fused-ring (bicyclic) bond motifs is 1. The van der Waals surface area contributed by atoms with E-state index in [-0.39, 0.29) is 0 Å². The molecule has 1 unspecified atom stereocenters. The van der Waals surface area contributed by atoms with Crippen LogP contribution in [0, 0.1) is 6.92 Å². The van der Waals surface area contributed by atoms with Crippen LogP contribution in [0.25, 0.3) is 10.2 Å². The number of thiophene rings is 1. The molecule has 0 aromatic carbocycles. The van der Waals surface area contributed by atoms with Crippen LogP contribution in [0.3, 0.4) is 0 Å². The topological polar surface area (TPSA) is 70.3 Å². The van der Waals surface area contributed by atoms with Crippen LogP contribution in [0.15, 0.2) is 6.07 Å². The number of nitrogen functional groups attached to an aromatic ring is 1. The quantitative estimate of drug-likeness (QED) is 0.651. The smallest absolute Gasteiger partial charge is 0.240 e. The van der Waals surface area contributed by atoms with E-state index >= 15 is 0 Å². The van der Waals surface area contributed by atoms with Crippen molar-refractivity contribution in [3.8, 4) is 0 Å². The highest BCUT2D eigenvalue weighted by Crippen LogP contribution is 2.33. The summed E-state index contributed by atoms with van der Waals surface area (Å²) >= 11 is 1.68. The highest BCUT2D eigenvalue weighted by atomic mass is 32.1. The van der Waals surface area contributed by atoms with E-state index in [1.165, 1.54) is 4.88 Å². The minimum absolute atomic E-state index is 0.418. The molecule has 7 heteroatoms. The summed E-state index contributed by atoms with van der Waals surface area (Å²) < 4.78 is 0. The summed E-state index contributed by atoms with van der Waals surface area (Å²) in [5.41, 5.74) is 2.59. The Kier molecular flexibility index (Phi) is 3.97. The average molecular weight is 306 g/mol. The third-order valence-corrected chi connectivity index (χ3v) is 4.89. The van der Waals surface area contributed by atoms with E-state index < -0.39 is 0 Å². The van der Waals surface area contributed by atoms with Crippen LogP contribution >= 0.6 is 11.3 Å². The number of hydrazine groups is 1. The predicted octanol–water partition coefficient (Wildman–Crippen LogP) is 1.82. The van der Waals surface area contributed by atoms with Crippen LogP contribution < -0.4 is 16.2 Å². The van der Waals surface area contributed by atoms with Gasteiger partial charge in [-0.15, -0.1) is 11.3 Å². The minimum atomic E-state index is 0.418. The van der Waals surface area contributed by atoms with Crippen molar-refractivity contribution in [3.05, 3.63) is 10.9 Å². The molecule has 1 fully saturated rings. The molecule has 3 heterocycles. The zero-order valence-corrected chi connectivity index (χ0v) is 13.6. The van der Waals surface area contributed by atoms with Crippen LogP contribution in [-0.2, 0) is 0 Å². The summed E-state index contributed by atoms with van der Waals surface area (Å²) in [4.78, 5) is 16.1. The molecule has 2 aromatic heterocycles. The number of aromatic nitrogens is 2. The van der Waals surface area contributed by atoms with Gasteiger partial charge in [-0.05, 0) is 39.9 Å². The molecule has 0 spiro atoms. The molecule has 0 amide bonds. The molecule has 3 N–H and O–H groups in total. The van der Waals surface area contributed by atoms with Crippen molar-refractivity contribution < 1.29 is 0 Å². The number of hydrogen-bond donors (Lipinski definition) is 2. The normalized spacial score (nSPS) is 20.8. The third-order valence-electron chi connectivity index (χ3n) is 3.94. The Morgan fingerprint density at radius 2 is 2.19 bits per heavy atom. The van der Waals surface area contributed by atoms with Crippen molar-refractivity contribution in [3.63, 3.8) is 0 Å². The standard InChI is InChI=1S/C14H22N6S/c1-9-8-19(3)5-4-6-20(9)12-11-7-10(2)21-13(11)17-14(16-12)18-15/h7,9H,4-6,8,15H2,1-3H3,(H,16,17,18). The molecular weight excluding hydrogens is 284 g/mol. The molecule has 0 radical (unpaired) electrons. The summed E-state index contributed by atoms with van der Waals surface area (Å²) in [6, 6.07) is 2.60. The second kappa shape index (κ2) is 5.75. The van der Waals surface area contributed by atoms with Crippen LogP contribution in [0.1, 0.15) is 18.2 Å². The molecular formula is C14H22N6S. The first-order valence-electron chi connectivity index (χ1n) is 7.28. The largest absolute Gasteiger partial charge is 0.352 e. The third kappa shape index (κ3) is 2.81. The van der Waals surface area contributed by atoms with E-state index in [9.17, 15) is 0 Å². The average Bonchev–Trinajstić information content (AvgIpc) is 2.73. The van der Waals surface area contributed by atoms with Gasteiger partial charge < -0.3 is 9.80 Å². The van der Waals surface area contributed by atoms with Crippen LogP contribution in [-0.4, -0.2) is 47.6 Å². The molecule has 3 rings (SSSR count). The van der Waals surface area contributed by atoms with E-state index in [1.807, 2.05) is 0 Å². The number of rotatable bonds is 2. The first kappa shape index (κ1) is 14.5. The molecule has 6 nitrogen and oxygen atoms in total. The Balaban J connectivity index is 2.09. The highest BCUT2D eigenvalue weighted by Gasteiger charge is 2.24. The van der Waals surface area contributed by atoms with E-state index in [1.54, 1.807) is 11.3 Å². The second-order valence-electron chi connectivity index (χ2n) is 5.75. The summed E-state index contributed by atoms with van der Waals surface area (Å²) in [5.74, 6) is 7.03. The van der Waals surface area contributed by atoms with E-state index in [4.69, 9.17) is 5.84 Å². The number of aryl methyl sites for hydroxylation is 1. The van der Waals surface area contributed by atoms with Crippen molar-refractivity contribution in [2.45, 2.75) is 26.3 Å². The SMILES string of the molecule is Cc1cc2c(N3CCCN(C)CC3C)nc(NN)nc2s1. The number of hydrogen-bond acceptors (Lipinski definition) is 7. The van der Waals surface area contributed by atoms with Gasteiger partial charge in [0.1, 0.15) is 10.6 Å². The number of nitrogens with one attached hydrogen (secondary N) is 1. The minimum Gasteiger partial charge on any atom is -0.352 e. The summed E-state index contributed by atoms with van der Waals surface area (Å²) in [7, 11) is 2.18. The molecule has 1 aliphatic heterocycles. The molecule has 0 saturated carbocycles. The van der Waals surface area contributed by atoms with Gasteiger partial charge >= 0.3 is 0 Å². The van der Waals surface area contributed by atoms with Gasteiger partial charge in [-0.3, -0.25) is 5.43 Å². The fraction of sp³-hybridized carbons (Fsp3) is 0.571. The van der Waals surface area contributed by atoms with Crippen LogP contribution in [0.2, 0.25) is 0 Å². The molecule has 0 bridgehead atoms. The molecule has 114 valence electrons. The lowest BCUT2D eigenvalue weighted by atomic mass is 10.2. The number of nitrogens with two attached hydrogens (primary N) is 1. The van der Waals surface area contributed by atoms with Gasteiger partial charge in [-0.25, -0.2) is 10.8 Å². The van der Waals surface area contributed by atoms with Gasteiger partial charge in [0.25, 0.3) is 0 Å². The summed E-state index contributed by atoms with van der Waals surface area (Å²) in [6.07, 6.45) is 1.14. The van der Waals surface area contributed by atoms with Crippen molar-refractivity contribution >= 4 is 33.3 Å². The maximum atomic E-state index is 5.54. The fourth-order valence-electron chi connectivity index (χ4n) is 3.00. The number of nitrogens with zero attached hydrogens (tertiary/aromatic N) is 4. The maximum Gasteiger partial charge on any atom is 0.240 e. The van der Waals surface area contributed by atoms with E-state index in [0.717, 1.165) is 42.1 Å². The maximum absolute atomic E-state index is 5.54. The second-order valence-corrected chi connectivity index (χ2v) is 6.98. The first-order valence-corrected chi connectivity index (χ1v) is 8.10. The Hall–Kier alpha value is -1.44. The highest BCUT2D eigenvalue weighted by molar-refractivity contribution is 7.18. The monoisotopic (exact) mass is 306 g/mol. The lowest BCUT2D eigenvalue weighted by molar-refractivity contribution is 0.337. The lowest BCUT2D eigenvalue weighted by Gasteiger charge is -2.29. The summed E-state index contributed by atoms with van der Waals surface area (Å²) in [6.45, 7) is 7.53. The Morgan fingerprint density at radius 3 is 2.95 bits per heavy atom. The van der Waals surface area contributed by atoms with Crippen molar-refractivity contribution in [2.24, 2.45) is 5.84 Å². The van der Waals surface area contributed by atoms with Crippen molar-refractivity contribution in [1.29, 1.82) is 0 Å². The van der Waals surface area contributed by atoms with Gasteiger partial charge in [-0.1, -0.05) is 0 Å². The van der Waals surface area contributed by atoms with Gasteiger partial charge in [0.15, 0.2) is 0 Å². The molecule has 1 aliphatic rings. The first-order chi connectivity index (χ1) is 10.1. The molecule has 1 atom stereocenters. The molecule has 0 aliphatic carbocycles. The van der Waals surface area contributed by atoms with E-state index in [2.05, 4.69) is 52.2 Å². The zero-order chi connectivity index (χ0) is 15.0. The van der Waals surface area contributed by atoms with Gasteiger partial charge in [0.05, 0.1) is 5.39 Å². The van der Waals surface area contributed by atoms with E-state index in [0.29, 0.717) is 12.0 Å². The lowest BCUT2D eigenvalue weighted by Crippen LogP contribution is -2.38. The Morgan fingerprint density at radius 1 is 1.38 bits per heavy atom. The Bertz CT molecular complexity index is 640. The fourth-order valence-corrected chi connectivity index (χ4v) is 3.87.